The van der Waals surface area contributed by atoms with Crippen molar-refractivity contribution in [2.24, 2.45) is 0 Å². The van der Waals surface area contributed by atoms with Gasteiger partial charge in [-0.15, -0.1) is 0 Å². The number of aromatic nitrogens is 5. The number of H-pyrrole nitrogens is 1. The van der Waals surface area contributed by atoms with Gasteiger partial charge < -0.3 is 10.3 Å². The summed E-state index contributed by atoms with van der Waals surface area (Å²) in [6, 6.07) is 9.97. The van der Waals surface area contributed by atoms with E-state index in [-0.39, 0.29) is 11.9 Å². The fourth-order valence-electron chi connectivity index (χ4n) is 3.19. The number of amides is 1. The molecular formula is C20H22N6O. The predicted molar refractivity (Wildman–Crippen MR) is 105 cm³/mol. The molecular weight excluding hydrogens is 340 g/mol. The molecule has 1 aromatic carbocycles. The first-order valence-corrected chi connectivity index (χ1v) is 9.09. The molecule has 4 aromatic rings. The smallest absolute Gasteiger partial charge is 0.253 e. The van der Waals surface area contributed by atoms with Crippen LogP contribution < -0.4 is 5.32 Å². The van der Waals surface area contributed by atoms with Crippen LogP contribution in [-0.2, 0) is 6.42 Å². The number of carbonyl (C=O) groups is 1. The molecule has 0 saturated carbocycles. The number of pyridine rings is 1. The highest BCUT2D eigenvalue weighted by atomic mass is 16.1. The van der Waals surface area contributed by atoms with Crippen LogP contribution in [0.3, 0.4) is 0 Å². The SMILES string of the molecule is Cc1nc2c(cnn2C(C)C)cc1C(=O)NCCc1nc2ccccc2[nH]1. The number of para-hydroxylation sites is 2. The molecule has 0 atom stereocenters. The predicted octanol–water partition coefficient (Wildman–Crippen LogP) is 3.17. The zero-order valence-corrected chi connectivity index (χ0v) is 15.7. The Labute approximate surface area is 156 Å². The number of nitrogens with zero attached hydrogens (tertiary/aromatic N) is 4. The maximum Gasteiger partial charge on any atom is 0.253 e. The van der Waals surface area contributed by atoms with Crippen LogP contribution in [0.15, 0.2) is 36.5 Å². The summed E-state index contributed by atoms with van der Waals surface area (Å²) in [7, 11) is 0. The number of benzene rings is 1. The second-order valence-corrected chi connectivity index (χ2v) is 6.92. The van der Waals surface area contributed by atoms with Crippen LogP contribution in [-0.4, -0.2) is 37.2 Å². The summed E-state index contributed by atoms with van der Waals surface area (Å²) < 4.78 is 1.87. The molecule has 7 nitrogen and oxygen atoms in total. The Hall–Kier alpha value is -3.22. The quantitative estimate of drug-likeness (QED) is 0.571. The molecule has 3 aromatic heterocycles. The van der Waals surface area contributed by atoms with Crippen LogP contribution in [0.1, 0.15) is 41.8 Å². The van der Waals surface area contributed by atoms with Gasteiger partial charge in [0.05, 0.1) is 28.5 Å². The molecule has 0 fully saturated rings. The molecule has 0 unspecified atom stereocenters. The number of rotatable bonds is 5. The van der Waals surface area contributed by atoms with E-state index < -0.39 is 0 Å². The Bertz CT molecular complexity index is 1090. The fraction of sp³-hybridized carbons (Fsp3) is 0.300. The number of hydrogen-bond acceptors (Lipinski definition) is 4. The topological polar surface area (TPSA) is 88.5 Å². The van der Waals surface area contributed by atoms with Gasteiger partial charge in [0.25, 0.3) is 5.91 Å². The van der Waals surface area contributed by atoms with Crippen LogP contribution in [0.5, 0.6) is 0 Å². The van der Waals surface area contributed by atoms with E-state index in [1.165, 1.54) is 0 Å². The average molecular weight is 362 g/mol. The maximum atomic E-state index is 12.6. The van der Waals surface area contributed by atoms with Crippen molar-refractivity contribution in [3.63, 3.8) is 0 Å². The van der Waals surface area contributed by atoms with Crippen molar-refractivity contribution in [1.82, 2.24) is 30.0 Å². The van der Waals surface area contributed by atoms with Gasteiger partial charge in [-0.25, -0.2) is 14.6 Å². The Morgan fingerprint density at radius 1 is 1.26 bits per heavy atom. The average Bonchev–Trinajstić information content (AvgIpc) is 3.23. The van der Waals surface area contributed by atoms with Gasteiger partial charge in [-0.1, -0.05) is 12.1 Å². The number of fused-ring (bicyclic) bond motifs is 2. The zero-order chi connectivity index (χ0) is 19.0. The lowest BCUT2D eigenvalue weighted by molar-refractivity contribution is 0.0953. The van der Waals surface area contributed by atoms with Gasteiger partial charge in [-0.3, -0.25) is 4.79 Å². The van der Waals surface area contributed by atoms with E-state index in [1.54, 1.807) is 6.20 Å². The monoisotopic (exact) mass is 362 g/mol. The second-order valence-electron chi connectivity index (χ2n) is 6.92. The third-order valence-electron chi connectivity index (χ3n) is 4.58. The van der Waals surface area contributed by atoms with Crippen molar-refractivity contribution in [2.45, 2.75) is 33.2 Å². The lowest BCUT2D eigenvalue weighted by Crippen LogP contribution is -2.27. The number of aryl methyl sites for hydroxylation is 1. The van der Waals surface area contributed by atoms with Crippen LogP contribution in [0.25, 0.3) is 22.1 Å². The third-order valence-corrected chi connectivity index (χ3v) is 4.58. The number of nitrogens with one attached hydrogen (secondary N) is 2. The Kier molecular flexibility index (Phi) is 4.35. The van der Waals surface area contributed by atoms with Crippen molar-refractivity contribution in [3.05, 3.63) is 53.6 Å². The lowest BCUT2D eigenvalue weighted by atomic mass is 10.1. The summed E-state index contributed by atoms with van der Waals surface area (Å²) in [4.78, 5) is 25.0. The zero-order valence-electron chi connectivity index (χ0n) is 15.7. The number of imidazole rings is 1. The van der Waals surface area contributed by atoms with Crippen LogP contribution in [0.4, 0.5) is 0 Å². The molecule has 4 rings (SSSR count). The van der Waals surface area contributed by atoms with Gasteiger partial charge in [0.15, 0.2) is 5.65 Å². The summed E-state index contributed by atoms with van der Waals surface area (Å²) in [5.74, 6) is 0.732. The highest BCUT2D eigenvalue weighted by Gasteiger charge is 2.15. The molecule has 0 spiro atoms. The molecule has 0 aliphatic heterocycles. The van der Waals surface area contributed by atoms with E-state index in [1.807, 2.05) is 41.9 Å². The largest absolute Gasteiger partial charge is 0.352 e. The molecule has 27 heavy (non-hydrogen) atoms. The summed E-state index contributed by atoms with van der Waals surface area (Å²) in [6.07, 6.45) is 2.40. The van der Waals surface area contributed by atoms with Crippen molar-refractivity contribution in [1.29, 1.82) is 0 Å². The molecule has 0 bridgehead atoms. The summed E-state index contributed by atoms with van der Waals surface area (Å²) >= 11 is 0. The molecule has 2 N–H and O–H groups in total. The first-order valence-electron chi connectivity index (χ1n) is 9.09. The summed E-state index contributed by atoms with van der Waals surface area (Å²) in [6.45, 7) is 6.47. The minimum atomic E-state index is -0.129. The molecule has 0 aliphatic carbocycles. The Morgan fingerprint density at radius 2 is 2.07 bits per heavy atom. The normalized spacial score (nSPS) is 11.6. The maximum absolute atomic E-state index is 12.6. The molecule has 0 radical (unpaired) electrons. The lowest BCUT2D eigenvalue weighted by Gasteiger charge is -2.09. The second kappa shape index (κ2) is 6.83. The highest BCUT2D eigenvalue weighted by molar-refractivity contribution is 5.98. The molecule has 0 saturated heterocycles. The minimum absolute atomic E-state index is 0.129. The van der Waals surface area contributed by atoms with Crippen molar-refractivity contribution < 1.29 is 4.79 Å². The molecule has 7 heteroatoms. The fourth-order valence-corrected chi connectivity index (χ4v) is 3.19. The van der Waals surface area contributed by atoms with E-state index in [9.17, 15) is 4.79 Å². The van der Waals surface area contributed by atoms with Gasteiger partial charge in [-0.05, 0) is 39.0 Å². The van der Waals surface area contributed by atoms with Gasteiger partial charge >= 0.3 is 0 Å². The molecule has 0 aliphatic rings. The molecule has 3 heterocycles. The van der Waals surface area contributed by atoms with Gasteiger partial charge in [0.2, 0.25) is 0 Å². The first-order chi connectivity index (χ1) is 13.0. The van der Waals surface area contributed by atoms with Crippen molar-refractivity contribution >= 4 is 28.0 Å². The van der Waals surface area contributed by atoms with E-state index in [0.29, 0.717) is 24.2 Å². The highest BCUT2D eigenvalue weighted by Crippen LogP contribution is 2.19. The molecule has 138 valence electrons. The van der Waals surface area contributed by atoms with E-state index in [2.05, 4.69) is 39.2 Å². The summed E-state index contributed by atoms with van der Waals surface area (Å²) in [5, 5.41) is 8.20. The summed E-state index contributed by atoms with van der Waals surface area (Å²) in [5.41, 5.74) is 4.03. The third kappa shape index (κ3) is 3.28. The number of aromatic amines is 1. The number of carbonyl (C=O) groups excluding carboxylic acids is 1. The molecule has 1 amide bonds. The van der Waals surface area contributed by atoms with Crippen LogP contribution >= 0.6 is 0 Å². The number of hydrogen-bond donors (Lipinski definition) is 2. The van der Waals surface area contributed by atoms with E-state index in [4.69, 9.17) is 0 Å². The van der Waals surface area contributed by atoms with E-state index in [0.717, 1.165) is 27.9 Å². The minimum Gasteiger partial charge on any atom is -0.352 e. The van der Waals surface area contributed by atoms with Crippen molar-refractivity contribution in [3.8, 4) is 0 Å². The van der Waals surface area contributed by atoms with Crippen molar-refractivity contribution in [2.75, 3.05) is 6.54 Å². The first kappa shape index (κ1) is 17.2. The van der Waals surface area contributed by atoms with E-state index >= 15 is 0 Å². The van der Waals surface area contributed by atoms with Gasteiger partial charge in [-0.2, -0.15) is 5.10 Å². The van der Waals surface area contributed by atoms with Crippen LogP contribution in [0, 0.1) is 6.92 Å². The standard InChI is InChI=1S/C20H22N6O/c1-12(2)26-19-14(11-22-26)10-15(13(3)23-19)20(27)21-9-8-18-24-16-6-4-5-7-17(16)25-18/h4-7,10-12H,8-9H2,1-3H3,(H,21,27)(H,24,25). The van der Waals surface area contributed by atoms with Gasteiger partial charge in [0, 0.05) is 24.4 Å². The Morgan fingerprint density at radius 3 is 2.85 bits per heavy atom. The van der Waals surface area contributed by atoms with Gasteiger partial charge in [0.1, 0.15) is 5.82 Å². The Balaban J connectivity index is 1.47. The van der Waals surface area contributed by atoms with Crippen LogP contribution in [0.2, 0.25) is 0 Å².